The second kappa shape index (κ2) is 5.72. The Balaban J connectivity index is 1.73. The van der Waals surface area contributed by atoms with E-state index in [1.165, 1.54) is 11.1 Å². The molecule has 1 saturated heterocycles. The van der Waals surface area contributed by atoms with Gasteiger partial charge in [-0.2, -0.15) is 0 Å². The van der Waals surface area contributed by atoms with E-state index in [0.717, 1.165) is 12.8 Å². The molecule has 0 saturated carbocycles. The molecule has 1 unspecified atom stereocenters. The van der Waals surface area contributed by atoms with Crippen LogP contribution in [0.25, 0.3) is 0 Å². The number of benzene rings is 1. The first kappa shape index (κ1) is 15.0. The first-order chi connectivity index (χ1) is 10.5. The third-order valence-electron chi connectivity index (χ3n) is 4.88. The molecular weight excluding hydrogens is 278 g/mol. The van der Waals surface area contributed by atoms with Crippen molar-refractivity contribution in [3.63, 3.8) is 0 Å². The standard InChI is InChI=1S/C17H23N3O2/c1-19-15(21)14-7-4-8-20(11-14)16(22)17(18)9-12-5-2-3-6-13(12)10-17/h2-3,5-6,14H,4,7-11,18H2,1H3,(H,19,21). The zero-order chi connectivity index (χ0) is 15.7. The molecule has 22 heavy (non-hydrogen) atoms. The van der Waals surface area contributed by atoms with Gasteiger partial charge in [0.1, 0.15) is 5.54 Å². The molecule has 0 bridgehead atoms. The second-order valence-corrected chi connectivity index (χ2v) is 6.48. The maximum Gasteiger partial charge on any atom is 0.243 e. The smallest absolute Gasteiger partial charge is 0.243 e. The lowest BCUT2D eigenvalue weighted by Gasteiger charge is -2.36. The summed E-state index contributed by atoms with van der Waals surface area (Å²) < 4.78 is 0. The summed E-state index contributed by atoms with van der Waals surface area (Å²) in [5.41, 5.74) is 7.92. The number of amides is 2. The average Bonchev–Trinajstić information content (AvgIpc) is 2.90. The number of carbonyl (C=O) groups excluding carboxylic acids is 2. The molecule has 118 valence electrons. The number of nitrogens with zero attached hydrogens (tertiary/aromatic N) is 1. The lowest BCUT2D eigenvalue weighted by molar-refractivity contribution is -0.140. The lowest BCUT2D eigenvalue weighted by atomic mass is 9.91. The number of piperidine rings is 1. The normalized spacial score (nSPS) is 23.0. The van der Waals surface area contributed by atoms with E-state index in [9.17, 15) is 9.59 Å². The molecule has 1 fully saturated rings. The van der Waals surface area contributed by atoms with E-state index >= 15 is 0 Å². The minimum absolute atomic E-state index is 0.0123. The first-order valence-corrected chi connectivity index (χ1v) is 7.90. The van der Waals surface area contributed by atoms with Crippen LogP contribution in [0.4, 0.5) is 0 Å². The molecule has 3 N–H and O–H groups in total. The molecule has 5 nitrogen and oxygen atoms in total. The Kier molecular flexibility index (Phi) is 3.91. The number of hydrogen-bond donors (Lipinski definition) is 2. The average molecular weight is 301 g/mol. The molecule has 1 heterocycles. The number of likely N-dealkylation sites (tertiary alicyclic amines) is 1. The predicted octanol–water partition coefficient (Wildman–Crippen LogP) is 0.467. The van der Waals surface area contributed by atoms with Crippen molar-refractivity contribution in [1.29, 1.82) is 0 Å². The van der Waals surface area contributed by atoms with E-state index in [-0.39, 0.29) is 17.7 Å². The van der Waals surface area contributed by atoms with Gasteiger partial charge in [-0.25, -0.2) is 0 Å². The molecule has 2 amide bonds. The van der Waals surface area contributed by atoms with Crippen LogP contribution >= 0.6 is 0 Å². The predicted molar refractivity (Wildman–Crippen MR) is 84.1 cm³/mol. The zero-order valence-electron chi connectivity index (χ0n) is 13.0. The summed E-state index contributed by atoms with van der Waals surface area (Å²) in [6.07, 6.45) is 2.86. The van der Waals surface area contributed by atoms with E-state index in [1.807, 2.05) is 24.3 Å². The van der Waals surface area contributed by atoms with Crippen molar-refractivity contribution < 1.29 is 9.59 Å². The van der Waals surface area contributed by atoms with Gasteiger partial charge in [0.05, 0.1) is 5.92 Å². The Morgan fingerprint density at radius 2 is 1.91 bits per heavy atom. The van der Waals surface area contributed by atoms with Crippen molar-refractivity contribution in [3.05, 3.63) is 35.4 Å². The van der Waals surface area contributed by atoms with Gasteiger partial charge < -0.3 is 16.0 Å². The quantitative estimate of drug-likeness (QED) is 0.833. The van der Waals surface area contributed by atoms with Crippen molar-refractivity contribution in [2.75, 3.05) is 20.1 Å². The molecular formula is C17H23N3O2. The maximum atomic E-state index is 12.9. The van der Waals surface area contributed by atoms with Gasteiger partial charge in [-0.1, -0.05) is 24.3 Å². The Morgan fingerprint density at radius 3 is 2.50 bits per heavy atom. The number of nitrogens with one attached hydrogen (secondary N) is 1. The van der Waals surface area contributed by atoms with Gasteiger partial charge >= 0.3 is 0 Å². The van der Waals surface area contributed by atoms with Crippen molar-refractivity contribution >= 4 is 11.8 Å². The lowest BCUT2D eigenvalue weighted by Crippen LogP contribution is -2.58. The summed E-state index contributed by atoms with van der Waals surface area (Å²) in [5, 5.41) is 2.68. The van der Waals surface area contributed by atoms with Gasteiger partial charge in [0, 0.05) is 20.1 Å². The summed E-state index contributed by atoms with van der Waals surface area (Å²) in [6, 6.07) is 8.05. The van der Waals surface area contributed by atoms with Gasteiger partial charge in [-0.15, -0.1) is 0 Å². The highest BCUT2D eigenvalue weighted by Crippen LogP contribution is 2.31. The summed E-state index contributed by atoms with van der Waals surface area (Å²) in [7, 11) is 1.64. The molecule has 3 rings (SSSR count). The van der Waals surface area contributed by atoms with Crippen molar-refractivity contribution in [3.8, 4) is 0 Å². The largest absolute Gasteiger partial charge is 0.359 e. The minimum atomic E-state index is -0.853. The van der Waals surface area contributed by atoms with Gasteiger partial charge in [0.2, 0.25) is 11.8 Å². The van der Waals surface area contributed by atoms with Crippen LogP contribution in [0.5, 0.6) is 0 Å². The molecule has 0 spiro atoms. The highest BCUT2D eigenvalue weighted by Gasteiger charge is 2.43. The minimum Gasteiger partial charge on any atom is -0.359 e. The van der Waals surface area contributed by atoms with Crippen LogP contribution in [0.1, 0.15) is 24.0 Å². The molecule has 1 aliphatic carbocycles. The second-order valence-electron chi connectivity index (χ2n) is 6.48. The van der Waals surface area contributed by atoms with Crippen LogP contribution in [0.2, 0.25) is 0 Å². The van der Waals surface area contributed by atoms with Crippen LogP contribution < -0.4 is 11.1 Å². The maximum absolute atomic E-state index is 12.9. The molecule has 1 atom stereocenters. The molecule has 2 aliphatic rings. The number of carbonyl (C=O) groups is 2. The Bertz CT molecular complexity index is 574. The topological polar surface area (TPSA) is 75.4 Å². The number of nitrogens with two attached hydrogens (primary N) is 1. The van der Waals surface area contributed by atoms with Crippen LogP contribution in [0.15, 0.2) is 24.3 Å². The van der Waals surface area contributed by atoms with Gasteiger partial charge in [0.15, 0.2) is 0 Å². The number of fused-ring (bicyclic) bond motifs is 1. The SMILES string of the molecule is CNC(=O)C1CCCN(C(=O)C2(N)Cc3ccccc3C2)C1. The first-order valence-electron chi connectivity index (χ1n) is 7.90. The fourth-order valence-electron chi connectivity index (χ4n) is 3.69. The molecule has 0 aromatic heterocycles. The highest BCUT2D eigenvalue weighted by atomic mass is 16.2. The summed E-state index contributed by atoms with van der Waals surface area (Å²) in [5.74, 6) is -0.120. The molecule has 1 aromatic rings. The molecule has 5 heteroatoms. The zero-order valence-corrected chi connectivity index (χ0v) is 13.0. The molecule has 1 aliphatic heterocycles. The number of rotatable bonds is 2. The van der Waals surface area contributed by atoms with E-state index in [2.05, 4.69) is 5.32 Å². The van der Waals surface area contributed by atoms with Crippen molar-refractivity contribution in [2.24, 2.45) is 11.7 Å². The molecule has 0 radical (unpaired) electrons. The number of hydrogen-bond acceptors (Lipinski definition) is 3. The fraction of sp³-hybridized carbons (Fsp3) is 0.529. The Hall–Kier alpha value is -1.88. The van der Waals surface area contributed by atoms with Gasteiger partial charge in [0.25, 0.3) is 0 Å². The Morgan fingerprint density at radius 1 is 1.27 bits per heavy atom. The third kappa shape index (κ3) is 2.61. The van der Waals surface area contributed by atoms with E-state index < -0.39 is 5.54 Å². The van der Waals surface area contributed by atoms with E-state index in [4.69, 9.17) is 5.73 Å². The monoisotopic (exact) mass is 301 g/mol. The molecule has 1 aromatic carbocycles. The Labute approximate surface area is 130 Å². The van der Waals surface area contributed by atoms with Crippen LogP contribution in [0, 0.1) is 5.92 Å². The fourth-order valence-corrected chi connectivity index (χ4v) is 3.69. The van der Waals surface area contributed by atoms with Crippen LogP contribution in [0.3, 0.4) is 0 Å². The summed E-state index contributed by atoms with van der Waals surface area (Å²) in [4.78, 5) is 26.5. The van der Waals surface area contributed by atoms with Crippen molar-refractivity contribution in [1.82, 2.24) is 10.2 Å². The summed E-state index contributed by atoms with van der Waals surface area (Å²) >= 11 is 0. The van der Waals surface area contributed by atoms with Gasteiger partial charge in [-0.05, 0) is 36.8 Å². The van der Waals surface area contributed by atoms with E-state index in [0.29, 0.717) is 25.9 Å². The van der Waals surface area contributed by atoms with E-state index in [1.54, 1.807) is 11.9 Å². The highest BCUT2D eigenvalue weighted by molar-refractivity contribution is 5.89. The van der Waals surface area contributed by atoms with Crippen molar-refractivity contribution in [2.45, 2.75) is 31.2 Å². The van der Waals surface area contributed by atoms with Crippen LogP contribution in [-0.4, -0.2) is 42.4 Å². The van der Waals surface area contributed by atoms with Gasteiger partial charge in [-0.3, -0.25) is 9.59 Å². The summed E-state index contributed by atoms with van der Waals surface area (Å²) in [6.45, 7) is 1.18. The third-order valence-corrected chi connectivity index (χ3v) is 4.88. The van der Waals surface area contributed by atoms with Crippen LogP contribution in [-0.2, 0) is 22.4 Å².